The molecule has 2 aromatic rings. The van der Waals surface area contributed by atoms with Crippen molar-refractivity contribution in [3.63, 3.8) is 0 Å². The molecule has 0 fully saturated rings. The van der Waals surface area contributed by atoms with Gasteiger partial charge in [-0.2, -0.15) is 4.39 Å². The van der Waals surface area contributed by atoms with Crippen LogP contribution in [-0.4, -0.2) is 20.4 Å². The number of benzene rings is 2. The van der Waals surface area contributed by atoms with Crippen LogP contribution < -0.4 is 0 Å². The van der Waals surface area contributed by atoms with Crippen LogP contribution in [0.1, 0.15) is 0 Å². The van der Waals surface area contributed by atoms with E-state index in [-0.39, 0.29) is 11.3 Å². The molecule has 2 rings (SSSR count). The second kappa shape index (κ2) is 4.06. The van der Waals surface area contributed by atoms with Crippen molar-refractivity contribution in [2.24, 2.45) is 0 Å². The maximum atomic E-state index is 13.7. The quantitative estimate of drug-likeness (QED) is 0.465. The van der Waals surface area contributed by atoms with Gasteiger partial charge in [-0.3, -0.25) is 0 Å². The van der Waals surface area contributed by atoms with Crippen LogP contribution in [0.2, 0.25) is 0 Å². The second-order valence-electron chi connectivity index (χ2n) is 3.60. The Balaban J connectivity index is 2.80. The topological polar surface area (TPSA) is 80.9 Å². The predicted molar refractivity (Wildman–Crippen MR) is 58.5 cm³/mol. The highest BCUT2D eigenvalue weighted by Crippen LogP contribution is 2.45. The first kappa shape index (κ1) is 12.0. The predicted octanol–water partition coefficient (Wildman–Crippen LogP) is 2.45. The molecular weight excluding hydrogens is 246 g/mol. The van der Waals surface area contributed by atoms with Crippen LogP contribution in [0.15, 0.2) is 24.3 Å². The molecule has 0 aliphatic rings. The summed E-state index contributed by atoms with van der Waals surface area (Å²) in [4.78, 5) is 0. The fraction of sp³-hybridized carbons (Fsp3) is 0. The molecule has 0 aliphatic carbocycles. The lowest BCUT2D eigenvalue weighted by Crippen LogP contribution is -1.91. The Bertz CT molecular complexity index is 597. The smallest absolute Gasteiger partial charge is 0.213 e. The number of hydrogen-bond donors (Lipinski definition) is 4. The number of phenolic OH excluding ortho intramolecular Hbond substituents is 4. The molecule has 0 aromatic heterocycles. The first-order chi connectivity index (χ1) is 8.43. The summed E-state index contributed by atoms with van der Waals surface area (Å²) in [5.74, 6) is -6.99. The Morgan fingerprint density at radius 3 is 2.06 bits per heavy atom. The van der Waals surface area contributed by atoms with Gasteiger partial charge in [-0.05, 0) is 17.7 Å². The normalized spacial score (nSPS) is 10.6. The standard InChI is InChI=1S/C12H8F2O4/c13-8-7(5-2-1-3-6(15)4-5)10(16)12(18)9(14)11(8)17/h1-4,15-18H. The summed E-state index contributed by atoms with van der Waals surface area (Å²) in [7, 11) is 0. The summed E-state index contributed by atoms with van der Waals surface area (Å²) >= 11 is 0. The van der Waals surface area contributed by atoms with Crippen LogP contribution >= 0.6 is 0 Å². The van der Waals surface area contributed by atoms with Gasteiger partial charge in [0.25, 0.3) is 0 Å². The monoisotopic (exact) mass is 254 g/mol. The highest BCUT2D eigenvalue weighted by Gasteiger charge is 2.25. The summed E-state index contributed by atoms with van der Waals surface area (Å²) in [6.45, 7) is 0. The lowest BCUT2D eigenvalue weighted by molar-refractivity contribution is 0.343. The average Bonchev–Trinajstić information content (AvgIpc) is 2.34. The second-order valence-corrected chi connectivity index (χ2v) is 3.60. The van der Waals surface area contributed by atoms with E-state index in [0.717, 1.165) is 6.07 Å². The number of rotatable bonds is 1. The van der Waals surface area contributed by atoms with Crippen molar-refractivity contribution in [2.45, 2.75) is 0 Å². The molecule has 94 valence electrons. The first-order valence-electron chi connectivity index (χ1n) is 4.84. The summed E-state index contributed by atoms with van der Waals surface area (Å²) in [6, 6.07) is 5.08. The molecule has 0 heterocycles. The molecule has 0 saturated carbocycles. The van der Waals surface area contributed by atoms with Crippen molar-refractivity contribution in [2.75, 3.05) is 0 Å². The van der Waals surface area contributed by atoms with E-state index in [1.165, 1.54) is 18.2 Å². The van der Waals surface area contributed by atoms with Crippen molar-refractivity contribution < 1.29 is 29.2 Å². The maximum absolute atomic E-state index is 13.7. The van der Waals surface area contributed by atoms with Crippen LogP contribution in [0.5, 0.6) is 23.0 Å². The number of halogens is 2. The van der Waals surface area contributed by atoms with Crippen LogP contribution in [0.4, 0.5) is 8.78 Å². The summed E-state index contributed by atoms with van der Waals surface area (Å²) in [5, 5.41) is 37.1. The van der Waals surface area contributed by atoms with Gasteiger partial charge in [0, 0.05) is 0 Å². The number of phenols is 4. The summed E-state index contributed by atoms with van der Waals surface area (Å²) < 4.78 is 26.8. The van der Waals surface area contributed by atoms with Gasteiger partial charge >= 0.3 is 0 Å². The van der Waals surface area contributed by atoms with Gasteiger partial charge in [0.2, 0.25) is 5.82 Å². The Kier molecular flexibility index (Phi) is 2.70. The Hall–Kier alpha value is -2.50. The van der Waals surface area contributed by atoms with Crippen molar-refractivity contribution in [3.05, 3.63) is 35.9 Å². The van der Waals surface area contributed by atoms with Gasteiger partial charge in [0.05, 0.1) is 5.56 Å². The molecule has 0 aliphatic heterocycles. The fourth-order valence-electron chi connectivity index (χ4n) is 1.58. The molecule has 0 saturated heterocycles. The van der Waals surface area contributed by atoms with E-state index in [0.29, 0.717) is 0 Å². The Labute approximate surface area is 100.0 Å². The van der Waals surface area contributed by atoms with E-state index in [1.807, 2.05) is 0 Å². The molecule has 4 N–H and O–H groups in total. The fourth-order valence-corrected chi connectivity index (χ4v) is 1.58. The number of aromatic hydroxyl groups is 4. The molecule has 4 nitrogen and oxygen atoms in total. The van der Waals surface area contributed by atoms with Gasteiger partial charge in [-0.1, -0.05) is 12.1 Å². The third-order valence-electron chi connectivity index (χ3n) is 2.44. The molecule has 0 bridgehead atoms. The third-order valence-corrected chi connectivity index (χ3v) is 2.44. The molecule has 2 aromatic carbocycles. The van der Waals surface area contributed by atoms with Gasteiger partial charge in [-0.15, -0.1) is 0 Å². The van der Waals surface area contributed by atoms with Crippen LogP contribution in [0.3, 0.4) is 0 Å². The van der Waals surface area contributed by atoms with E-state index in [2.05, 4.69) is 0 Å². The lowest BCUT2D eigenvalue weighted by Gasteiger charge is -2.10. The highest BCUT2D eigenvalue weighted by atomic mass is 19.1. The first-order valence-corrected chi connectivity index (χ1v) is 4.84. The molecule has 0 amide bonds. The van der Waals surface area contributed by atoms with E-state index >= 15 is 0 Å². The SMILES string of the molecule is Oc1cccc(-c2c(O)c(O)c(F)c(O)c2F)c1. The minimum atomic E-state index is -1.64. The minimum Gasteiger partial charge on any atom is -0.508 e. The van der Waals surface area contributed by atoms with Gasteiger partial charge in [-0.25, -0.2) is 4.39 Å². The number of hydrogen-bond acceptors (Lipinski definition) is 4. The minimum absolute atomic E-state index is 0.0180. The van der Waals surface area contributed by atoms with E-state index in [9.17, 15) is 24.1 Å². The third kappa shape index (κ3) is 1.67. The molecule has 18 heavy (non-hydrogen) atoms. The lowest BCUT2D eigenvalue weighted by atomic mass is 10.0. The van der Waals surface area contributed by atoms with Crippen molar-refractivity contribution in [1.29, 1.82) is 0 Å². The molecule has 0 atom stereocenters. The van der Waals surface area contributed by atoms with Crippen LogP contribution in [-0.2, 0) is 0 Å². The van der Waals surface area contributed by atoms with E-state index < -0.39 is 34.4 Å². The van der Waals surface area contributed by atoms with Crippen molar-refractivity contribution >= 4 is 0 Å². The van der Waals surface area contributed by atoms with Crippen LogP contribution in [0.25, 0.3) is 11.1 Å². The summed E-state index contributed by atoms with van der Waals surface area (Å²) in [5.41, 5.74) is -0.613. The Morgan fingerprint density at radius 2 is 1.44 bits per heavy atom. The molecular formula is C12H8F2O4. The zero-order chi connectivity index (χ0) is 13.4. The molecule has 0 radical (unpaired) electrons. The average molecular weight is 254 g/mol. The molecule has 0 unspecified atom stereocenters. The van der Waals surface area contributed by atoms with E-state index in [4.69, 9.17) is 5.11 Å². The summed E-state index contributed by atoms with van der Waals surface area (Å²) in [6.07, 6.45) is 0. The zero-order valence-corrected chi connectivity index (χ0v) is 8.85. The largest absolute Gasteiger partial charge is 0.508 e. The van der Waals surface area contributed by atoms with Gasteiger partial charge < -0.3 is 20.4 Å². The molecule has 0 spiro atoms. The van der Waals surface area contributed by atoms with Crippen molar-refractivity contribution in [3.8, 4) is 34.1 Å². The Morgan fingerprint density at radius 1 is 0.778 bits per heavy atom. The zero-order valence-electron chi connectivity index (χ0n) is 8.85. The van der Waals surface area contributed by atoms with Crippen molar-refractivity contribution in [1.82, 2.24) is 0 Å². The highest BCUT2D eigenvalue weighted by molar-refractivity contribution is 5.76. The van der Waals surface area contributed by atoms with Gasteiger partial charge in [0.15, 0.2) is 23.1 Å². The maximum Gasteiger partial charge on any atom is 0.213 e. The molecule has 6 heteroatoms. The van der Waals surface area contributed by atoms with Crippen LogP contribution in [0, 0.1) is 11.6 Å². The van der Waals surface area contributed by atoms with E-state index in [1.54, 1.807) is 0 Å². The van der Waals surface area contributed by atoms with Gasteiger partial charge in [0.1, 0.15) is 5.75 Å².